The molecule has 94 valence electrons. The van der Waals surface area contributed by atoms with Crippen molar-refractivity contribution in [2.45, 2.75) is 12.8 Å². The second kappa shape index (κ2) is 5.50. The molecular weight excluding hydrogens is 242 g/mol. The number of benzene rings is 1. The van der Waals surface area contributed by atoms with E-state index >= 15 is 0 Å². The second-order valence-electron chi connectivity index (χ2n) is 4.52. The molecule has 1 aliphatic heterocycles. The Kier molecular flexibility index (Phi) is 3.57. The number of hydrogen-bond acceptors (Lipinski definition) is 4. The molecule has 1 aromatic carbocycles. The highest BCUT2D eigenvalue weighted by Crippen LogP contribution is 2.27. The number of nitrogens with one attached hydrogen (secondary N) is 2. The fraction of sp³-hybridized carbons (Fsp3) is 0.357. The average molecular weight is 259 g/mol. The van der Waals surface area contributed by atoms with Crippen LogP contribution < -0.4 is 10.6 Å². The third-order valence-corrected chi connectivity index (χ3v) is 4.11. The van der Waals surface area contributed by atoms with Crippen LogP contribution in [-0.4, -0.2) is 24.0 Å². The van der Waals surface area contributed by atoms with Crippen molar-refractivity contribution < 1.29 is 0 Å². The number of nitrogens with zero attached hydrogens (tertiary/aromatic N) is 1. The van der Waals surface area contributed by atoms with Crippen molar-refractivity contribution >= 4 is 27.4 Å². The summed E-state index contributed by atoms with van der Waals surface area (Å²) in [6.45, 7) is 3.15. The van der Waals surface area contributed by atoms with Crippen LogP contribution in [0.1, 0.15) is 12.8 Å². The summed E-state index contributed by atoms with van der Waals surface area (Å²) in [6.07, 6.45) is 4.63. The van der Waals surface area contributed by atoms with Gasteiger partial charge in [0.05, 0.1) is 5.52 Å². The van der Waals surface area contributed by atoms with E-state index in [1.165, 1.54) is 16.8 Å². The first-order chi connectivity index (χ1) is 8.93. The van der Waals surface area contributed by atoms with Crippen molar-refractivity contribution in [3.05, 3.63) is 35.9 Å². The maximum atomic E-state index is 4.44. The molecule has 3 rings (SSSR count). The molecule has 4 heteroatoms. The highest BCUT2D eigenvalue weighted by atomic mass is 32.1. The fourth-order valence-electron chi connectivity index (χ4n) is 2.25. The van der Waals surface area contributed by atoms with E-state index < -0.39 is 0 Å². The largest absolute Gasteiger partial charge is 0.375 e. The molecule has 0 amide bonds. The zero-order valence-electron chi connectivity index (χ0n) is 10.3. The Morgan fingerprint density at radius 1 is 1.33 bits per heavy atom. The molecule has 0 atom stereocenters. The van der Waals surface area contributed by atoms with Gasteiger partial charge < -0.3 is 10.6 Å². The van der Waals surface area contributed by atoms with Crippen molar-refractivity contribution in [2.75, 3.05) is 25.0 Å². The van der Waals surface area contributed by atoms with Crippen molar-refractivity contribution in [3.8, 4) is 0 Å². The normalized spacial score (nSPS) is 15.7. The summed E-state index contributed by atoms with van der Waals surface area (Å²) in [5.41, 5.74) is 2.65. The molecule has 0 radical (unpaired) electrons. The molecule has 1 aliphatic rings. The summed E-state index contributed by atoms with van der Waals surface area (Å²) in [4.78, 5) is 0. The van der Waals surface area contributed by atoms with Crippen LogP contribution in [0.3, 0.4) is 0 Å². The van der Waals surface area contributed by atoms with E-state index in [1.54, 1.807) is 17.1 Å². The van der Waals surface area contributed by atoms with Gasteiger partial charge in [-0.05, 0) is 43.1 Å². The van der Waals surface area contributed by atoms with Gasteiger partial charge in [-0.15, -0.1) is 0 Å². The lowest BCUT2D eigenvalue weighted by Gasteiger charge is -2.14. The summed E-state index contributed by atoms with van der Waals surface area (Å²) >= 11 is 1.56. The first-order valence-corrected chi connectivity index (χ1v) is 7.18. The Hall–Kier alpha value is -1.39. The van der Waals surface area contributed by atoms with Gasteiger partial charge in [0, 0.05) is 18.5 Å². The summed E-state index contributed by atoms with van der Waals surface area (Å²) in [6, 6.07) is 8.29. The Labute approximate surface area is 111 Å². The van der Waals surface area contributed by atoms with E-state index in [1.807, 2.05) is 6.07 Å². The van der Waals surface area contributed by atoms with Gasteiger partial charge in [-0.1, -0.05) is 23.8 Å². The van der Waals surface area contributed by atoms with Gasteiger partial charge in [0.1, 0.15) is 5.00 Å². The third-order valence-electron chi connectivity index (χ3n) is 3.27. The molecule has 18 heavy (non-hydrogen) atoms. The Morgan fingerprint density at radius 2 is 2.28 bits per heavy atom. The first kappa shape index (κ1) is 11.7. The van der Waals surface area contributed by atoms with E-state index in [9.17, 15) is 0 Å². The number of rotatable bonds is 4. The lowest BCUT2D eigenvalue weighted by molar-refractivity contribution is 0.684. The van der Waals surface area contributed by atoms with Crippen LogP contribution in [0.4, 0.5) is 5.00 Å². The first-order valence-electron chi connectivity index (χ1n) is 6.40. The smallest absolute Gasteiger partial charge is 0.117 e. The van der Waals surface area contributed by atoms with Crippen molar-refractivity contribution in [1.29, 1.82) is 0 Å². The molecule has 0 bridgehead atoms. The zero-order chi connectivity index (χ0) is 12.2. The maximum Gasteiger partial charge on any atom is 0.117 e. The van der Waals surface area contributed by atoms with E-state index in [4.69, 9.17) is 0 Å². The molecule has 2 aromatic rings. The lowest BCUT2D eigenvalue weighted by atomic mass is 10.1. The molecule has 1 aromatic heterocycles. The Balaban J connectivity index is 1.61. The van der Waals surface area contributed by atoms with Crippen LogP contribution in [0, 0.1) is 0 Å². The van der Waals surface area contributed by atoms with Gasteiger partial charge in [0.15, 0.2) is 0 Å². The van der Waals surface area contributed by atoms with Gasteiger partial charge >= 0.3 is 0 Å². The number of hydrogen-bond donors (Lipinski definition) is 2. The van der Waals surface area contributed by atoms with Gasteiger partial charge in [-0.25, -0.2) is 0 Å². The van der Waals surface area contributed by atoms with Crippen molar-refractivity contribution in [2.24, 2.45) is 0 Å². The fourth-order valence-corrected chi connectivity index (χ4v) is 3.04. The van der Waals surface area contributed by atoms with Crippen LogP contribution in [0.25, 0.3) is 10.9 Å². The molecule has 0 spiro atoms. The SMILES string of the molecule is C1=C(CCNc2snc3ccccc23)CCNC1. The number of fused-ring (bicyclic) bond motifs is 1. The van der Waals surface area contributed by atoms with Crippen LogP contribution in [0.5, 0.6) is 0 Å². The van der Waals surface area contributed by atoms with E-state index in [2.05, 4.69) is 39.3 Å². The molecule has 0 aliphatic carbocycles. The average Bonchev–Trinajstić information content (AvgIpc) is 2.84. The third kappa shape index (κ3) is 2.54. The monoisotopic (exact) mass is 259 g/mol. The van der Waals surface area contributed by atoms with Gasteiger partial charge in [0.2, 0.25) is 0 Å². The standard InChI is InChI=1S/C14H17N3S/c1-2-4-13-12(3-1)14(18-17-13)16-10-7-11-5-8-15-9-6-11/h1-5,15-16H,6-10H2. The number of anilines is 1. The van der Waals surface area contributed by atoms with Crippen molar-refractivity contribution in [1.82, 2.24) is 9.69 Å². The quantitative estimate of drug-likeness (QED) is 0.829. The summed E-state index contributed by atoms with van der Waals surface area (Å²) in [5, 5.41) is 9.28. The predicted molar refractivity (Wildman–Crippen MR) is 78.3 cm³/mol. The molecular formula is C14H17N3S. The Morgan fingerprint density at radius 3 is 3.17 bits per heavy atom. The Bertz CT molecular complexity index is 559. The molecule has 2 N–H and O–H groups in total. The minimum Gasteiger partial charge on any atom is -0.375 e. The number of aromatic nitrogens is 1. The van der Waals surface area contributed by atoms with Crippen LogP contribution >= 0.6 is 11.5 Å². The van der Waals surface area contributed by atoms with Gasteiger partial charge in [0.25, 0.3) is 0 Å². The zero-order valence-corrected chi connectivity index (χ0v) is 11.1. The molecule has 2 heterocycles. The van der Waals surface area contributed by atoms with Crippen molar-refractivity contribution in [3.63, 3.8) is 0 Å². The predicted octanol–water partition coefficient (Wildman–Crippen LogP) is 3.02. The molecule has 0 unspecified atom stereocenters. The maximum absolute atomic E-state index is 4.44. The summed E-state index contributed by atoms with van der Waals surface area (Å²) < 4.78 is 4.44. The van der Waals surface area contributed by atoms with Crippen LogP contribution in [-0.2, 0) is 0 Å². The van der Waals surface area contributed by atoms with Crippen LogP contribution in [0.15, 0.2) is 35.9 Å². The van der Waals surface area contributed by atoms with E-state index in [0.29, 0.717) is 0 Å². The van der Waals surface area contributed by atoms with Gasteiger partial charge in [-0.2, -0.15) is 4.37 Å². The molecule has 0 fully saturated rings. The van der Waals surface area contributed by atoms with E-state index in [0.717, 1.165) is 31.6 Å². The molecule has 0 saturated heterocycles. The minimum atomic E-state index is 0.998. The molecule has 3 nitrogen and oxygen atoms in total. The summed E-state index contributed by atoms with van der Waals surface area (Å²) in [5.74, 6) is 0. The summed E-state index contributed by atoms with van der Waals surface area (Å²) in [7, 11) is 0. The molecule has 0 saturated carbocycles. The highest BCUT2D eigenvalue weighted by Gasteiger charge is 2.06. The second-order valence-corrected chi connectivity index (χ2v) is 5.30. The highest BCUT2D eigenvalue weighted by molar-refractivity contribution is 7.11. The minimum absolute atomic E-state index is 0.998. The topological polar surface area (TPSA) is 37.0 Å². The lowest BCUT2D eigenvalue weighted by Crippen LogP contribution is -2.21. The van der Waals surface area contributed by atoms with E-state index in [-0.39, 0.29) is 0 Å². The van der Waals surface area contributed by atoms with Gasteiger partial charge in [-0.3, -0.25) is 0 Å². The van der Waals surface area contributed by atoms with Crippen LogP contribution in [0.2, 0.25) is 0 Å².